The number of aromatic nitrogens is 4. The van der Waals surface area contributed by atoms with E-state index in [0.717, 1.165) is 58.3 Å². The van der Waals surface area contributed by atoms with Crippen molar-refractivity contribution in [1.29, 1.82) is 0 Å². The van der Waals surface area contributed by atoms with Crippen LogP contribution in [0.2, 0.25) is 5.02 Å². The van der Waals surface area contributed by atoms with Crippen molar-refractivity contribution in [3.63, 3.8) is 0 Å². The smallest absolute Gasteiger partial charge is 0.480 e. The predicted molar refractivity (Wildman–Crippen MR) is 331 cm³/mol. The van der Waals surface area contributed by atoms with E-state index in [1.54, 1.807) is 32.5 Å². The number of nitrogens with zero attached hydrogens (tertiary/aromatic N) is 6. The molecule has 2 fully saturated rings. The van der Waals surface area contributed by atoms with E-state index in [1.807, 2.05) is 126 Å². The highest BCUT2D eigenvalue weighted by Gasteiger charge is 2.58. The van der Waals surface area contributed by atoms with E-state index in [1.165, 1.54) is 29.8 Å². The predicted octanol–water partition coefficient (Wildman–Crippen LogP) is 14.1. The van der Waals surface area contributed by atoms with Gasteiger partial charge in [-0.3, -0.25) is 13.9 Å². The summed E-state index contributed by atoms with van der Waals surface area (Å²) in [5.41, 5.74) is 0.499. The number of methoxy groups -OCH3 is 2. The number of fused-ring (bicyclic) bond motifs is 8. The number of esters is 1. The molecule has 1 aliphatic carbocycles. The molecule has 17 nitrogen and oxygen atoms in total. The van der Waals surface area contributed by atoms with Crippen molar-refractivity contribution in [3.05, 3.63) is 149 Å². The highest BCUT2D eigenvalue weighted by molar-refractivity contribution is 7.48. The molecule has 1 atom stereocenters. The summed E-state index contributed by atoms with van der Waals surface area (Å²) in [6.07, 6.45) is 3.02. The molecular weight excluding hydrogens is 1160 g/mol. The second-order valence-electron chi connectivity index (χ2n) is 24.0. The average molecular weight is 1230 g/mol. The van der Waals surface area contributed by atoms with Crippen molar-refractivity contribution in [2.75, 3.05) is 67.3 Å². The molecule has 1 saturated carbocycles. The number of rotatable bonds is 22. The second kappa shape index (κ2) is 24.6. The third-order valence-electron chi connectivity index (χ3n) is 15.3. The van der Waals surface area contributed by atoms with Crippen molar-refractivity contribution in [3.8, 4) is 40.3 Å². The molecule has 86 heavy (non-hydrogen) atoms. The molecule has 0 bridgehead atoms. The largest absolute Gasteiger partial charge is 0.497 e. The Balaban J connectivity index is 0.886. The maximum absolute atomic E-state index is 15.5. The van der Waals surface area contributed by atoms with E-state index in [4.69, 9.17) is 68.5 Å². The first-order chi connectivity index (χ1) is 41.1. The van der Waals surface area contributed by atoms with Crippen LogP contribution < -0.4 is 23.7 Å². The highest BCUT2D eigenvalue weighted by atomic mass is 35.5. The number of ether oxygens (including phenoxy) is 6. The van der Waals surface area contributed by atoms with E-state index in [-0.39, 0.29) is 25.8 Å². The van der Waals surface area contributed by atoms with Crippen LogP contribution in [0.5, 0.6) is 28.9 Å². The summed E-state index contributed by atoms with van der Waals surface area (Å²) in [4.78, 5) is 36.8. The summed E-state index contributed by atoms with van der Waals surface area (Å²) in [6, 6.07) is 32.7. The van der Waals surface area contributed by atoms with Gasteiger partial charge in [-0.25, -0.2) is 38.2 Å². The van der Waals surface area contributed by atoms with Gasteiger partial charge in [-0.1, -0.05) is 60.1 Å². The minimum atomic E-state index is -3.89. The average Bonchev–Trinajstić information content (AvgIpc) is 1.55. The molecule has 6 aromatic carbocycles. The van der Waals surface area contributed by atoms with Crippen LogP contribution in [0.4, 0.5) is 4.39 Å². The standard InChI is InChI=1S/C65H70ClFN6O11PS/c1-63(2,3)83-85(75,84-64(4,5)6)81-40-73(7)33-30-72(31-34-73)32-35-78-52-25-24-47-53(56(52)66)48-36-42(67)20-23-45(48)57-54(47)55-60(69-39-70-61(55)86-57)82-58(62(74)80-37-41-18-21-44(76-8)22-19-41)65(27-28-65)49-15-11-13-17-51(49)79-38-43-26-29-68-59(71-43)46-14-10-12-16-50(46)77-9/h10-26,29,36,39,58H,27-28,30-35,37-38,40H2,1-9H3/q+1/t58-/m0/s1. The molecule has 11 rings (SSSR count). The number of para-hydroxylation sites is 2. The Morgan fingerprint density at radius 1 is 0.779 bits per heavy atom. The monoisotopic (exact) mass is 1230 g/mol. The van der Waals surface area contributed by atoms with Gasteiger partial charge in [-0.15, -0.1) is 11.3 Å². The lowest BCUT2D eigenvalue weighted by atomic mass is 9.88. The number of hydrogen-bond acceptors (Lipinski definition) is 17. The fourth-order valence-corrected chi connectivity index (χ4v) is 14.3. The van der Waals surface area contributed by atoms with Gasteiger partial charge in [0.15, 0.2) is 12.6 Å². The molecule has 1 aliphatic heterocycles. The number of likely N-dealkylation sites (N-methyl/N-ethyl adjacent to an activating group) is 1. The first-order valence-corrected chi connectivity index (χ1v) is 31.2. The summed E-state index contributed by atoms with van der Waals surface area (Å²) in [5, 5.41) is 4.20. The number of piperazine rings is 1. The lowest BCUT2D eigenvalue weighted by Crippen LogP contribution is -2.58. The Bertz CT molecular complexity index is 4000. The Morgan fingerprint density at radius 2 is 1.49 bits per heavy atom. The fourth-order valence-electron chi connectivity index (χ4n) is 10.9. The van der Waals surface area contributed by atoms with Crippen molar-refractivity contribution < 1.29 is 60.2 Å². The Morgan fingerprint density at radius 3 is 2.20 bits per heavy atom. The van der Waals surface area contributed by atoms with Gasteiger partial charge in [0.25, 0.3) is 0 Å². The number of hydrogen-bond donors (Lipinski definition) is 0. The molecule has 3 aromatic heterocycles. The van der Waals surface area contributed by atoms with E-state index >= 15 is 9.18 Å². The number of phosphoric ester groups is 1. The highest BCUT2D eigenvalue weighted by Crippen LogP contribution is 2.57. The third kappa shape index (κ3) is 13.3. The quantitative estimate of drug-likeness (QED) is 0.0271. The zero-order valence-electron chi connectivity index (χ0n) is 49.7. The van der Waals surface area contributed by atoms with Crippen LogP contribution in [0, 0.1) is 5.82 Å². The van der Waals surface area contributed by atoms with Crippen molar-refractivity contribution in [2.45, 2.75) is 90.3 Å². The molecule has 0 radical (unpaired) electrons. The van der Waals surface area contributed by atoms with Crippen LogP contribution in [-0.4, -0.2) is 120 Å². The van der Waals surface area contributed by atoms with Gasteiger partial charge in [0.2, 0.25) is 12.0 Å². The summed E-state index contributed by atoms with van der Waals surface area (Å²) >= 11 is 8.88. The number of carbonyl (C=O) groups excluding carboxylic acids is 1. The molecule has 0 amide bonds. The van der Waals surface area contributed by atoms with E-state index in [2.05, 4.69) is 16.9 Å². The molecule has 9 aromatic rings. The van der Waals surface area contributed by atoms with Gasteiger partial charge in [0, 0.05) is 57.7 Å². The lowest BCUT2D eigenvalue weighted by molar-refractivity contribution is -0.928. The Labute approximate surface area is 508 Å². The Hall–Kier alpha value is -7.06. The number of carbonyl (C=O) groups is 1. The van der Waals surface area contributed by atoms with Crippen molar-refractivity contribution in [1.82, 2.24) is 24.8 Å². The molecule has 4 heterocycles. The van der Waals surface area contributed by atoms with Gasteiger partial charge in [0.05, 0.1) is 67.2 Å². The summed E-state index contributed by atoms with van der Waals surface area (Å²) in [6.45, 7) is 15.0. The SMILES string of the molecule is COc1ccc(COC(=O)[C@H](Oc2ncnc3sc4c5ccc(F)cc5c5c(Cl)c(OCCN6CC[N+](C)(COP(=O)(OC(C)(C)C)OC(C)(C)C)CC6)ccc5c4c23)C2(c3ccccc3OCc3ccnc(-c4ccccc4OC)n3)CC2)cc1. The first kappa shape index (κ1) is 60.6. The third-order valence-corrected chi connectivity index (χ3v) is 18.8. The van der Waals surface area contributed by atoms with Crippen LogP contribution in [0.15, 0.2) is 122 Å². The summed E-state index contributed by atoms with van der Waals surface area (Å²) in [5.74, 6) is 1.93. The molecule has 2 aliphatic rings. The van der Waals surface area contributed by atoms with Crippen LogP contribution in [0.25, 0.3) is 53.2 Å². The van der Waals surface area contributed by atoms with Gasteiger partial charge >= 0.3 is 13.8 Å². The topological polar surface area (TPSA) is 172 Å². The Kier molecular flexibility index (Phi) is 17.3. The van der Waals surface area contributed by atoms with Gasteiger partial charge in [-0.05, 0) is 131 Å². The fraction of sp³-hybridized carbons (Fsp3) is 0.369. The molecular formula is C65H70ClFN6O11PS+. The summed E-state index contributed by atoms with van der Waals surface area (Å²) in [7, 11) is 1.39. The number of halogens is 2. The maximum Gasteiger partial charge on any atom is 0.480 e. The van der Waals surface area contributed by atoms with E-state index in [9.17, 15) is 4.57 Å². The maximum atomic E-state index is 15.5. The van der Waals surface area contributed by atoms with Crippen LogP contribution in [0.1, 0.15) is 71.2 Å². The zero-order valence-corrected chi connectivity index (χ0v) is 52.2. The molecule has 450 valence electrons. The number of thiophene rings is 1. The zero-order chi connectivity index (χ0) is 60.6. The van der Waals surface area contributed by atoms with Gasteiger partial charge in [-0.2, -0.15) is 0 Å². The molecule has 0 spiro atoms. The summed E-state index contributed by atoms with van der Waals surface area (Å²) < 4.78 is 85.8. The van der Waals surface area contributed by atoms with Crippen molar-refractivity contribution in [2.24, 2.45) is 0 Å². The minimum Gasteiger partial charge on any atom is -0.497 e. The number of benzene rings is 6. The molecule has 0 N–H and O–H groups in total. The van der Waals surface area contributed by atoms with E-state index < -0.39 is 42.3 Å². The lowest BCUT2D eigenvalue weighted by Gasteiger charge is -2.42. The van der Waals surface area contributed by atoms with Crippen molar-refractivity contribution >= 4 is 78.6 Å². The molecule has 0 unspecified atom stereocenters. The number of phosphoric acid groups is 1. The van der Waals surface area contributed by atoms with E-state index in [0.29, 0.717) is 96.4 Å². The van der Waals surface area contributed by atoms with Crippen LogP contribution >= 0.6 is 30.8 Å². The molecule has 21 heteroatoms. The minimum absolute atomic E-state index is 0.0323. The van der Waals surface area contributed by atoms with Crippen LogP contribution in [-0.2, 0) is 46.3 Å². The van der Waals surface area contributed by atoms with Gasteiger partial charge < -0.3 is 32.9 Å². The van der Waals surface area contributed by atoms with Crippen LogP contribution in [0.3, 0.4) is 0 Å². The van der Waals surface area contributed by atoms with Gasteiger partial charge in [0.1, 0.15) is 59.8 Å². The molecule has 1 saturated heterocycles. The number of quaternary nitrogens is 1. The second-order valence-corrected chi connectivity index (χ2v) is 26.9. The first-order valence-electron chi connectivity index (χ1n) is 28.5. The normalized spacial score (nSPS) is 15.7.